The van der Waals surface area contributed by atoms with Crippen molar-refractivity contribution in [2.75, 3.05) is 37.7 Å². The summed E-state index contributed by atoms with van der Waals surface area (Å²) < 4.78 is 1.65. The van der Waals surface area contributed by atoms with E-state index in [-0.39, 0.29) is 17.0 Å². The summed E-state index contributed by atoms with van der Waals surface area (Å²) in [6, 6.07) is 4.99. The van der Waals surface area contributed by atoms with E-state index in [4.69, 9.17) is 17.3 Å². The van der Waals surface area contributed by atoms with Crippen LogP contribution in [0.25, 0.3) is 10.9 Å². The fourth-order valence-corrected chi connectivity index (χ4v) is 3.78. The standard InChI is InChI=1S/C19H28ClN5O/c1-13(21)17-22-15-7-5-6-14(20)16(15)18(26)25(17)24-10-8-23(9-11-24)12-19(2,3)4/h5-7,13H,8-12,21H2,1-4H3/t13-/m0/s1. The number of hydrogen-bond donors (Lipinski definition) is 1. The molecule has 1 aromatic heterocycles. The monoisotopic (exact) mass is 377 g/mol. The van der Waals surface area contributed by atoms with Gasteiger partial charge in [0.05, 0.1) is 22.0 Å². The van der Waals surface area contributed by atoms with E-state index in [9.17, 15) is 4.79 Å². The average molecular weight is 378 g/mol. The molecule has 2 aromatic rings. The van der Waals surface area contributed by atoms with Gasteiger partial charge >= 0.3 is 0 Å². The lowest BCUT2D eigenvalue weighted by Gasteiger charge is -2.40. The van der Waals surface area contributed by atoms with Crippen LogP contribution in [0.4, 0.5) is 0 Å². The quantitative estimate of drug-likeness (QED) is 0.889. The van der Waals surface area contributed by atoms with Gasteiger partial charge in [0, 0.05) is 32.7 Å². The highest BCUT2D eigenvalue weighted by molar-refractivity contribution is 6.35. The van der Waals surface area contributed by atoms with Crippen molar-refractivity contribution in [2.24, 2.45) is 11.1 Å². The number of hydrogen-bond acceptors (Lipinski definition) is 5. The Morgan fingerprint density at radius 3 is 2.46 bits per heavy atom. The van der Waals surface area contributed by atoms with Crippen molar-refractivity contribution < 1.29 is 0 Å². The van der Waals surface area contributed by atoms with Crippen molar-refractivity contribution in [1.82, 2.24) is 14.6 Å². The van der Waals surface area contributed by atoms with Crippen molar-refractivity contribution in [1.29, 1.82) is 0 Å². The minimum absolute atomic E-state index is 0.142. The third kappa shape index (κ3) is 3.87. The zero-order chi connectivity index (χ0) is 19.1. The Balaban J connectivity index is 1.97. The van der Waals surface area contributed by atoms with E-state index >= 15 is 0 Å². The van der Waals surface area contributed by atoms with Crippen molar-refractivity contribution >= 4 is 22.5 Å². The molecule has 1 fully saturated rings. The molecule has 142 valence electrons. The maximum Gasteiger partial charge on any atom is 0.281 e. The van der Waals surface area contributed by atoms with Crippen LogP contribution in [0.1, 0.15) is 39.6 Å². The summed E-state index contributed by atoms with van der Waals surface area (Å²) in [5, 5.41) is 2.93. The topological polar surface area (TPSA) is 67.4 Å². The second-order valence-electron chi connectivity index (χ2n) is 8.30. The van der Waals surface area contributed by atoms with E-state index in [0.717, 1.165) is 32.7 Å². The molecule has 6 nitrogen and oxygen atoms in total. The molecule has 0 bridgehead atoms. The molecule has 3 rings (SSSR count). The van der Waals surface area contributed by atoms with Crippen molar-refractivity contribution in [3.8, 4) is 0 Å². The van der Waals surface area contributed by atoms with Crippen LogP contribution in [-0.2, 0) is 0 Å². The lowest BCUT2D eigenvalue weighted by molar-refractivity contribution is 0.171. The summed E-state index contributed by atoms with van der Waals surface area (Å²) in [6.45, 7) is 12.9. The van der Waals surface area contributed by atoms with Crippen LogP contribution in [0.5, 0.6) is 0 Å². The van der Waals surface area contributed by atoms with Crippen LogP contribution >= 0.6 is 11.6 Å². The molecule has 26 heavy (non-hydrogen) atoms. The Kier molecular flexibility index (Phi) is 5.28. The number of nitrogens with two attached hydrogens (primary N) is 1. The highest BCUT2D eigenvalue weighted by Crippen LogP contribution is 2.21. The Hall–Kier alpha value is -1.63. The van der Waals surface area contributed by atoms with Gasteiger partial charge in [0.2, 0.25) is 0 Å². The van der Waals surface area contributed by atoms with Gasteiger partial charge in [-0.05, 0) is 24.5 Å². The fraction of sp³-hybridized carbons (Fsp3) is 0.579. The molecule has 1 aliphatic rings. The normalized spacial score (nSPS) is 17.7. The smallest absolute Gasteiger partial charge is 0.281 e. The molecule has 1 saturated heterocycles. The molecule has 0 unspecified atom stereocenters. The maximum absolute atomic E-state index is 13.2. The van der Waals surface area contributed by atoms with Gasteiger partial charge in [0.15, 0.2) is 0 Å². The first-order chi connectivity index (χ1) is 12.2. The van der Waals surface area contributed by atoms with Gasteiger partial charge < -0.3 is 10.7 Å². The van der Waals surface area contributed by atoms with Gasteiger partial charge in [-0.15, -0.1) is 0 Å². The summed E-state index contributed by atoms with van der Waals surface area (Å²) in [6.07, 6.45) is 0. The van der Waals surface area contributed by atoms with Crippen LogP contribution < -0.4 is 16.3 Å². The molecule has 1 atom stereocenters. The van der Waals surface area contributed by atoms with Crippen LogP contribution in [0.2, 0.25) is 5.02 Å². The van der Waals surface area contributed by atoms with Crippen LogP contribution in [-0.4, -0.2) is 47.3 Å². The number of rotatable bonds is 3. The molecular formula is C19H28ClN5O. The number of halogens is 1. The Labute approximate surface area is 159 Å². The van der Waals surface area contributed by atoms with Gasteiger partial charge in [-0.1, -0.05) is 38.4 Å². The van der Waals surface area contributed by atoms with Gasteiger partial charge in [0.25, 0.3) is 5.56 Å². The zero-order valence-corrected chi connectivity index (χ0v) is 16.8. The minimum Gasteiger partial charge on any atom is -0.322 e. The van der Waals surface area contributed by atoms with Crippen molar-refractivity contribution in [3.63, 3.8) is 0 Å². The van der Waals surface area contributed by atoms with E-state index in [0.29, 0.717) is 21.7 Å². The van der Waals surface area contributed by atoms with E-state index in [1.807, 2.05) is 6.92 Å². The SMILES string of the molecule is C[C@H](N)c1nc2cccc(Cl)c2c(=O)n1N1CCN(CC(C)(C)C)CC1. The average Bonchev–Trinajstić information content (AvgIpc) is 2.54. The summed E-state index contributed by atoms with van der Waals surface area (Å²) >= 11 is 6.29. The first kappa shape index (κ1) is 19.1. The molecule has 0 radical (unpaired) electrons. The Bertz CT molecular complexity index is 847. The first-order valence-corrected chi connectivity index (χ1v) is 9.49. The second kappa shape index (κ2) is 7.18. The lowest BCUT2D eigenvalue weighted by atomic mass is 9.96. The second-order valence-corrected chi connectivity index (χ2v) is 8.71. The van der Waals surface area contributed by atoms with Crippen LogP contribution in [0, 0.1) is 5.41 Å². The Morgan fingerprint density at radius 1 is 1.23 bits per heavy atom. The molecule has 2 heterocycles. The maximum atomic E-state index is 13.2. The summed E-state index contributed by atoms with van der Waals surface area (Å²) in [5.74, 6) is 0.578. The van der Waals surface area contributed by atoms with E-state index in [1.165, 1.54) is 0 Å². The van der Waals surface area contributed by atoms with E-state index in [1.54, 1.807) is 22.9 Å². The van der Waals surface area contributed by atoms with Gasteiger partial charge in [-0.3, -0.25) is 9.69 Å². The molecule has 0 spiro atoms. The summed E-state index contributed by atoms with van der Waals surface area (Å²) in [5.41, 5.74) is 6.85. The van der Waals surface area contributed by atoms with Crippen LogP contribution in [0.15, 0.2) is 23.0 Å². The van der Waals surface area contributed by atoms with E-state index in [2.05, 4.69) is 35.7 Å². The molecule has 2 N–H and O–H groups in total. The van der Waals surface area contributed by atoms with Crippen LogP contribution in [0.3, 0.4) is 0 Å². The first-order valence-electron chi connectivity index (χ1n) is 9.12. The molecule has 0 aliphatic carbocycles. The third-order valence-electron chi connectivity index (χ3n) is 4.59. The third-order valence-corrected chi connectivity index (χ3v) is 4.90. The van der Waals surface area contributed by atoms with Gasteiger partial charge in [0.1, 0.15) is 5.82 Å². The predicted molar refractivity (Wildman–Crippen MR) is 107 cm³/mol. The molecule has 0 saturated carbocycles. The zero-order valence-electron chi connectivity index (χ0n) is 16.0. The fourth-order valence-electron chi connectivity index (χ4n) is 3.53. The predicted octanol–water partition coefficient (Wildman–Crippen LogP) is 2.37. The number of piperazine rings is 1. The largest absolute Gasteiger partial charge is 0.322 e. The summed E-state index contributed by atoms with van der Waals surface area (Å²) in [4.78, 5) is 20.3. The highest BCUT2D eigenvalue weighted by atomic mass is 35.5. The number of aromatic nitrogens is 2. The molecular weight excluding hydrogens is 350 g/mol. The van der Waals surface area contributed by atoms with Crippen molar-refractivity contribution in [2.45, 2.75) is 33.7 Å². The molecule has 7 heteroatoms. The molecule has 0 amide bonds. The van der Waals surface area contributed by atoms with E-state index < -0.39 is 0 Å². The number of nitrogens with zero attached hydrogens (tertiary/aromatic N) is 4. The van der Waals surface area contributed by atoms with Crippen molar-refractivity contribution in [3.05, 3.63) is 39.4 Å². The summed E-state index contributed by atoms with van der Waals surface area (Å²) in [7, 11) is 0. The van der Waals surface area contributed by atoms with Gasteiger partial charge in [-0.2, -0.15) is 0 Å². The number of benzene rings is 1. The molecule has 1 aliphatic heterocycles. The van der Waals surface area contributed by atoms with Gasteiger partial charge in [-0.25, -0.2) is 9.66 Å². The minimum atomic E-state index is -0.348. The molecule has 1 aromatic carbocycles. The lowest BCUT2D eigenvalue weighted by Crippen LogP contribution is -2.56. The Morgan fingerprint density at radius 2 is 1.88 bits per heavy atom. The highest BCUT2D eigenvalue weighted by Gasteiger charge is 2.25. The number of fused-ring (bicyclic) bond motifs is 1.